The second-order valence-corrected chi connectivity index (χ2v) is 5.80. The van der Waals surface area contributed by atoms with E-state index in [2.05, 4.69) is 32.3 Å². The minimum Gasteiger partial charge on any atom is -0.303 e. The van der Waals surface area contributed by atoms with Crippen molar-refractivity contribution >= 4 is 33.6 Å². The first kappa shape index (κ1) is 11.3. The Balaban J connectivity index is 1.87. The number of nitrogens with zero attached hydrogens (tertiary/aromatic N) is 1. The minimum atomic E-state index is 0.299. The van der Waals surface area contributed by atoms with Crippen molar-refractivity contribution in [3.8, 4) is 0 Å². The fourth-order valence-corrected chi connectivity index (χ4v) is 3.41. The summed E-state index contributed by atoms with van der Waals surface area (Å²) in [6.07, 6.45) is 3.15. The van der Waals surface area contributed by atoms with Gasteiger partial charge in [0.1, 0.15) is 6.29 Å². The van der Waals surface area contributed by atoms with Crippen molar-refractivity contribution < 1.29 is 4.79 Å². The highest BCUT2D eigenvalue weighted by Crippen LogP contribution is 2.26. The average Bonchev–Trinajstić information content (AvgIpc) is 2.66. The van der Waals surface area contributed by atoms with Crippen molar-refractivity contribution in [2.45, 2.75) is 19.4 Å². The molecule has 2 nitrogen and oxygen atoms in total. The van der Waals surface area contributed by atoms with E-state index >= 15 is 0 Å². The lowest BCUT2D eigenvalue weighted by Gasteiger charge is -2.29. The summed E-state index contributed by atoms with van der Waals surface area (Å²) in [4.78, 5) is 14.4. The molecule has 0 unspecified atom stereocenters. The lowest BCUT2D eigenvalue weighted by molar-refractivity contribution is -0.112. The normalized spacial score (nSPS) is 19.3. The first-order chi connectivity index (χ1) is 7.29. The fraction of sp³-hybridized carbons (Fsp3) is 0.545. The van der Waals surface area contributed by atoms with Gasteiger partial charge in [-0.25, -0.2) is 0 Å². The van der Waals surface area contributed by atoms with E-state index in [1.807, 2.05) is 0 Å². The Hall–Kier alpha value is -0.190. The van der Waals surface area contributed by atoms with Gasteiger partial charge in [0.05, 0.1) is 0 Å². The van der Waals surface area contributed by atoms with Crippen LogP contribution in [0.2, 0.25) is 0 Å². The Morgan fingerprint density at radius 1 is 1.53 bits per heavy atom. The van der Waals surface area contributed by atoms with Crippen LogP contribution in [0.4, 0.5) is 0 Å². The molecule has 1 aromatic heterocycles. The molecule has 2 heterocycles. The molecule has 1 aliphatic heterocycles. The number of aldehydes is 1. The largest absolute Gasteiger partial charge is 0.303 e. The van der Waals surface area contributed by atoms with Crippen molar-refractivity contribution in [2.24, 2.45) is 5.92 Å². The van der Waals surface area contributed by atoms with Gasteiger partial charge in [0.15, 0.2) is 0 Å². The van der Waals surface area contributed by atoms with Gasteiger partial charge in [-0.2, -0.15) is 0 Å². The highest BCUT2D eigenvalue weighted by Gasteiger charge is 2.19. The van der Waals surface area contributed by atoms with E-state index < -0.39 is 0 Å². The van der Waals surface area contributed by atoms with Crippen LogP contribution in [0, 0.1) is 5.92 Å². The molecule has 1 fully saturated rings. The van der Waals surface area contributed by atoms with E-state index in [0.29, 0.717) is 5.92 Å². The third-order valence-electron chi connectivity index (χ3n) is 2.88. The zero-order valence-corrected chi connectivity index (χ0v) is 10.9. The number of piperidine rings is 1. The summed E-state index contributed by atoms with van der Waals surface area (Å²) in [6.45, 7) is 3.12. The maximum absolute atomic E-state index is 10.6. The number of carbonyl (C=O) groups excluding carboxylic acids is 1. The Morgan fingerprint density at radius 3 is 2.80 bits per heavy atom. The summed E-state index contributed by atoms with van der Waals surface area (Å²) in [5.41, 5.74) is 0. The molecule has 0 aromatic carbocycles. The molecule has 4 heteroatoms. The molecule has 0 spiro atoms. The predicted octanol–water partition coefficient (Wildman–Crippen LogP) is 2.92. The fourth-order valence-electron chi connectivity index (χ4n) is 1.89. The van der Waals surface area contributed by atoms with Crippen molar-refractivity contribution in [1.82, 2.24) is 4.90 Å². The topological polar surface area (TPSA) is 20.3 Å². The molecular formula is C11H14BrNOS. The number of thiophene rings is 1. The van der Waals surface area contributed by atoms with Gasteiger partial charge >= 0.3 is 0 Å². The number of hydrogen-bond acceptors (Lipinski definition) is 3. The van der Waals surface area contributed by atoms with Crippen LogP contribution in [-0.2, 0) is 11.3 Å². The van der Waals surface area contributed by atoms with Crippen LogP contribution in [-0.4, -0.2) is 24.3 Å². The van der Waals surface area contributed by atoms with Crippen molar-refractivity contribution in [1.29, 1.82) is 0 Å². The summed E-state index contributed by atoms with van der Waals surface area (Å²) in [5.74, 6) is 0.299. The number of hydrogen-bond donors (Lipinski definition) is 0. The summed E-state index contributed by atoms with van der Waals surface area (Å²) in [5, 5.41) is 2.11. The van der Waals surface area contributed by atoms with E-state index in [0.717, 1.165) is 38.8 Å². The Kier molecular flexibility index (Phi) is 3.94. The van der Waals surface area contributed by atoms with Gasteiger partial charge in [-0.05, 0) is 53.3 Å². The lowest BCUT2D eigenvalue weighted by Crippen LogP contribution is -2.33. The summed E-state index contributed by atoms with van der Waals surface area (Å²) in [6, 6.07) is 2.10. The van der Waals surface area contributed by atoms with E-state index in [4.69, 9.17) is 0 Å². The van der Waals surface area contributed by atoms with Crippen LogP contribution in [0.5, 0.6) is 0 Å². The molecule has 0 aliphatic carbocycles. The van der Waals surface area contributed by atoms with E-state index in [1.165, 1.54) is 9.35 Å². The molecule has 1 aliphatic rings. The van der Waals surface area contributed by atoms with Crippen molar-refractivity contribution in [2.75, 3.05) is 13.1 Å². The second-order valence-electron chi connectivity index (χ2n) is 3.94. The zero-order valence-electron chi connectivity index (χ0n) is 8.49. The van der Waals surface area contributed by atoms with E-state index in [1.54, 1.807) is 11.3 Å². The first-order valence-corrected chi connectivity index (χ1v) is 6.86. The van der Waals surface area contributed by atoms with Crippen LogP contribution in [0.3, 0.4) is 0 Å². The van der Waals surface area contributed by atoms with Gasteiger partial charge in [-0.15, -0.1) is 11.3 Å². The van der Waals surface area contributed by atoms with Gasteiger partial charge < -0.3 is 4.79 Å². The number of halogens is 1. The highest BCUT2D eigenvalue weighted by atomic mass is 79.9. The molecule has 15 heavy (non-hydrogen) atoms. The standard InChI is InChI=1S/C11H14BrNOS/c12-10-3-6-15-11(10)7-13-4-1-9(8-14)2-5-13/h3,6,8-9H,1-2,4-5,7H2. The number of likely N-dealkylation sites (tertiary alicyclic amines) is 1. The van der Waals surface area contributed by atoms with Gasteiger partial charge in [0.2, 0.25) is 0 Å². The van der Waals surface area contributed by atoms with E-state index in [-0.39, 0.29) is 0 Å². The van der Waals surface area contributed by atoms with E-state index in [9.17, 15) is 4.79 Å². The zero-order chi connectivity index (χ0) is 10.7. The summed E-state index contributed by atoms with van der Waals surface area (Å²) in [7, 11) is 0. The van der Waals surface area contributed by atoms with Gasteiger partial charge in [-0.3, -0.25) is 4.90 Å². The van der Waals surface area contributed by atoms with Crippen molar-refractivity contribution in [3.05, 3.63) is 20.8 Å². The monoisotopic (exact) mass is 287 g/mol. The molecule has 2 rings (SSSR count). The van der Waals surface area contributed by atoms with Crippen molar-refractivity contribution in [3.63, 3.8) is 0 Å². The molecular weight excluding hydrogens is 274 g/mol. The number of rotatable bonds is 3. The molecule has 0 amide bonds. The molecule has 0 bridgehead atoms. The first-order valence-electron chi connectivity index (χ1n) is 5.19. The average molecular weight is 288 g/mol. The molecule has 0 atom stereocenters. The predicted molar refractivity (Wildman–Crippen MR) is 66.1 cm³/mol. The molecule has 82 valence electrons. The molecule has 1 saturated heterocycles. The SMILES string of the molecule is O=CC1CCN(Cc2sccc2Br)CC1. The third kappa shape index (κ3) is 2.89. The second kappa shape index (κ2) is 5.23. The lowest BCUT2D eigenvalue weighted by atomic mass is 9.99. The maximum Gasteiger partial charge on any atom is 0.123 e. The van der Waals surface area contributed by atoms with Crippen LogP contribution in [0.1, 0.15) is 17.7 Å². The minimum absolute atomic E-state index is 0.299. The third-order valence-corrected chi connectivity index (χ3v) is 4.79. The van der Waals surface area contributed by atoms with Crippen LogP contribution >= 0.6 is 27.3 Å². The summed E-state index contributed by atoms with van der Waals surface area (Å²) < 4.78 is 1.21. The van der Waals surface area contributed by atoms with Crippen LogP contribution in [0.25, 0.3) is 0 Å². The number of carbonyl (C=O) groups is 1. The van der Waals surface area contributed by atoms with Gasteiger partial charge in [-0.1, -0.05) is 0 Å². The quantitative estimate of drug-likeness (QED) is 0.797. The molecule has 1 aromatic rings. The Bertz CT molecular complexity index is 331. The summed E-state index contributed by atoms with van der Waals surface area (Å²) >= 11 is 5.34. The Labute approximate surface area is 102 Å². The van der Waals surface area contributed by atoms with Crippen LogP contribution in [0.15, 0.2) is 15.9 Å². The van der Waals surface area contributed by atoms with Gasteiger partial charge in [0.25, 0.3) is 0 Å². The molecule has 0 radical (unpaired) electrons. The highest BCUT2D eigenvalue weighted by molar-refractivity contribution is 9.10. The van der Waals surface area contributed by atoms with Crippen LogP contribution < -0.4 is 0 Å². The Morgan fingerprint density at radius 2 is 2.27 bits per heavy atom. The molecule has 0 saturated carbocycles. The maximum atomic E-state index is 10.6. The van der Waals surface area contributed by atoms with Gasteiger partial charge in [0, 0.05) is 21.8 Å². The smallest absolute Gasteiger partial charge is 0.123 e. The molecule has 0 N–H and O–H groups in total.